The molecular formula is C12H8N2O3. The molecule has 0 bridgehead atoms. The van der Waals surface area contributed by atoms with Crippen LogP contribution < -0.4 is 11.2 Å². The molecule has 5 heteroatoms. The Morgan fingerprint density at radius 1 is 1.06 bits per heavy atom. The van der Waals surface area contributed by atoms with E-state index in [1.807, 2.05) is 24.3 Å². The van der Waals surface area contributed by atoms with Crippen LogP contribution in [0.4, 0.5) is 0 Å². The molecule has 0 aliphatic rings. The van der Waals surface area contributed by atoms with Crippen LogP contribution in [0.15, 0.2) is 46.0 Å². The molecule has 2 aromatic carbocycles. The first kappa shape index (κ1) is 9.65. The van der Waals surface area contributed by atoms with E-state index in [-0.39, 0.29) is 10.1 Å². The van der Waals surface area contributed by atoms with Crippen molar-refractivity contribution in [2.75, 3.05) is 0 Å². The van der Waals surface area contributed by atoms with E-state index in [4.69, 9.17) is 0 Å². The Balaban J connectivity index is 2.62. The monoisotopic (exact) mass is 228 g/mol. The molecule has 0 unspecified atom stereocenters. The maximum Gasteiger partial charge on any atom is 0.362 e. The van der Waals surface area contributed by atoms with Gasteiger partial charge in [-0.05, 0) is 22.9 Å². The van der Waals surface area contributed by atoms with Gasteiger partial charge >= 0.3 is 5.69 Å². The highest BCUT2D eigenvalue weighted by Gasteiger charge is 2.07. The van der Waals surface area contributed by atoms with Crippen molar-refractivity contribution < 1.29 is 5.21 Å². The van der Waals surface area contributed by atoms with Crippen molar-refractivity contribution in [1.29, 1.82) is 0 Å². The Hall–Kier alpha value is -2.56. The van der Waals surface area contributed by atoms with Crippen molar-refractivity contribution in [2.24, 2.45) is 0 Å². The zero-order valence-corrected chi connectivity index (χ0v) is 8.68. The van der Waals surface area contributed by atoms with Crippen molar-refractivity contribution >= 4 is 21.7 Å². The Morgan fingerprint density at radius 2 is 1.71 bits per heavy atom. The summed E-state index contributed by atoms with van der Waals surface area (Å²) in [5.41, 5.74) is -1.13. The molecule has 3 rings (SSSR count). The molecule has 1 aromatic heterocycles. The molecule has 1 heterocycles. The lowest BCUT2D eigenvalue weighted by Gasteiger charge is -2.02. The Kier molecular flexibility index (Phi) is 1.82. The molecule has 0 saturated carbocycles. The van der Waals surface area contributed by atoms with Crippen molar-refractivity contribution in [3.05, 3.63) is 57.2 Å². The smallest absolute Gasteiger partial charge is 0.362 e. The quantitative estimate of drug-likeness (QED) is 0.446. The van der Waals surface area contributed by atoms with E-state index in [1.165, 1.54) is 0 Å². The normalized spacial score (nSPS) is 11.1. The van der Waals surface area contributed by atoms with E-state index < -0.39 is 11.2 Å². The Labute approximate surface area is 94.5 Å². The second-order valence-electron chi connectivity index (χ2n) is 3.79. The van der Waals surface area contributed by atoms with Crippen LogP contribution in [-0.2, 0) is 0 Å². The van der Waals surface area contributed by atoms with Gasteiger partial charge < -0.3 is 10.2 Å². The van der Waals surface area contributed by atoms with E-state index in [0.717, 1.165) is 10.8 Å². The summed E-state index contributed by atoms with van der Waals surface area (Å²) in [6.45, 7) is 0. The van der Waals surface area contributed by atoms with Gasteiger partial charge in [0.1, 0.15) is 0 Å². The number of aromatic nitrogens is 2. The lowest BCUT2D eigenvalue weighted by atomic mass is 10.1. The largest absolute Gasteiger partial charge is 0.421 e. The predicted molar refractivity (Wildman–Crippen MR) is 63.5 cm³/mol. The molecule has 0 spiro atoms. The molecule has 0 atom stereocenters. The summed E-state index contributed by atoms with van der Waals surface area (Å²) in [6, 6.07) is 10.8. The minimum absolute atomic E-state index is 0.0805. The molecule has 0 radical (unpaired) electrons. The van der Waals surface area contributed by atoms with Gasteiger partial charge in [0.25, 0.3) is 5.56 Å². The third-order valence-electron chi connectivity index (χ3n) is 2.74. The van der Waals surface area contributed by atoms with E-state index in [9.17, 15) is 14.8 Å². The molecular weight excluding hydrogens is 220 g/mol. The topological polar surface area (TPSA) is 75.1 Å². The average molecular weight is 228 g/mol. The summed E-state index contributed by atoms with van der Waals surface area (Å²) in [6.07, 6.45) is 0. The number of fused-ring (bicyclic) bond motifs is 2. The number of nitrogens with zero attached hydrogens (tertiary/aromatic N) is 1. The van der Waals surface area contributed by atoms with Crippen molar-refractivity contribution in [2.45, 2.75) is 0 Å². The Bertz CT molecular complexity index is 846. The van der Waals surface area contributed by atoms with Gasteiger partial charge in [-0.3, -0.25) is 4.79 Å². The number of nitrogens with one attached hydrogen (secondary N) is 1. The Morgan fingerprint density at radius 3 is 2.41 bits per heavy atom. The van der Waals surface area contributed by atoms with E-state index in [1.54, 1.807) is 12.1 Å². The zero-order chi connectivity index (χ0) is 12.0. The van der Waals surface area contributed by atoms with Crippen LogP contribution in [0.1, 0.15) is 0 Å². The second kappa shape index (κ2) is 3.21. The predicted octanol–water partition coefficient (Wildman–Crippen LogP) is 1.08. The van der Waals surface area contributed by atoms with Gasteiger partial charge in [-0.25, -0.2) is 4.79 Å². The zero-order valence-electron chi connectivity index (χ0n) is 8.68. The fourth-order valence-corrected chi connectivity index (χ4v) is 1.90. The highest BCUT2D eigenvalue weighted by molar-refractivity contribution is 5.95. The first-order chi connectivity index (χ1) is 8.16. The fourth-order valence-electron chi connectivity index (χ4n) is 1.90. The number of rotatable bonds is 0. The van der Waals surface area contributed by atoms with Gasteiger partial charge in [0.2, 0.25) is 0 Å². The lowest BCUT2D eigenvalue weighted by Crippen LogP contribution is -2.33. The van der Waals surface area contributed by atoms with Crippen molar-refractivity contribution in [3.8, 4) is 0 Å². The second-order valence-corrected chi connectivity index (χ2v) is 3.79. The number of aromatic amines is 1. The van der Waals surface area contributed by atoms with Gasteiger partial charge in [0, 0.05) is 0 Å². The molecule has 3 aromatic rings. The van der Waals surface area contributed by atoms with Crippen LogP contribution in [-0.4, -0.2) is 14.9 Å². The summed E-state index contributed by atoms with van der Waals surface area (Å²) in [7, 11) is 0. The van der Waals surface area contributed by atoms with Crippen molar-refractivity contribution in [3.63, 3.8) is 0 Å². The molecule has 0 aliphatic heterocycles. The number of hydrogen-bond acceptors (Lipinski definition) is 3. The average Bonchev–Trinajstić information content (AvgIpc) is 2.34. The molecule has 2 N–H and O–H groups in total. The lowest BCUT2D eigenvalue weighted by molar-refractivity contribution is 0.162. The van der Waals surface area contributed by atoms with Gasteiger partial charge in [-0.1, -0.05) is 29.0 Å². The maximum absolute atomic E-state index is 11.7. The van der Waals surface area contributed by atoms with Crippen LogP contribution in [0.2, 0.25) is 0 Å². The molecule has 17 heavy (non-hydrogen) atoms. The number of H-pyrrole nitrogens is 1. The number of hydrogen-bond donors (Lipinski definition) is 2. The standard InChI is InChI=1S/C12H8N2O3/c15-11-9-5-7-3-1-2-4-8(7)6-10(9)13-12(16)14(11)17/h1-6,17H,(H,13,16). The molecule has 84 valence electrons. The molecule has 5 nitrogen and oxygen atoms in total. The molecule has 0 saturated heterocycles. The summed E-state index contributed by atoms with van der Waals surface area (Å²) in [4.78, 5) is 25.4. The highest BCUT2D eigenvalue weighted by atomic mass is 16.5. The molecule has 0 fully saturated rings. The van der Waals surface area contributed by atoms with E-state index >= 15 is 0 Å². The van der Waals surface area contributed by atoms with Crippen molar-refractivity contribution in [1.82, 2.24) is 9.71 Å². The summed E-state index contributed by atoms with van der Waals surface area (Å²) < 4.78 is 0.0805. The van der Waals surface area contributed by atoms with Gasteiger partial charge in [-0.2, -0.15) is 0 Å². The minimum atomic E-state index is -0.835. The minimum Gasteiger partial charge on any atom is -0.421 e. The third kappa shape index (κ3) is 1.32. The fraction of sp³-hybridized carbons (Fsp3) is 0. The third-order valence-corrected chi connectivity index (χ3v) is 2.74. The van der Waals surface area contributed by atoms with Crippen LogP contribution in [0, 0.1) is 0 Å². The summed E-state index contributed by atoms with van der Waals surface area (Å²) in [5.74, 6) is 0. The highest BCUT2D eigenvalue weighted by Crippen LogP contribution is 2.18. The maximum atomic E-state index is 11.7. The first-order valence-corrected chi connectivity index (χ1v) is 5.04. The van der Waals surface area contributed by atoms with Gasteiger partial charge in [0.05, 0.1) is 10.9 Å². The van der Waals surface area contributed by atoms with Gasteiger partial charge in [0.15, 0.2) is 0 Å². The number of benzene rings is 2. The van der Waals surface area contributed by atoms with Crippen LogP contribution in [0.3, 0.4) is 0 Å². The van der Waals surface area contributed by atoms with Crippen LogP contribution in [0.5, 0.6) is 0 Å². The van der Waals surface area contributed by atoms with E-state index in [2.05, 4.69) is 4.98 Å². The van der Waals surface area contributed by atoms with Gasteiger partial charge in [-0.15, -0.1) is 0 Å². The molecule has 0 aliphatic carbocycles. The first-order valence-electron chi connectivity index (χ1n) is 5.04. The summed E-state index contributed by atoms with van der Waals surface area (Å²) >= 11 is 0. The molecule has 0 amide bonds. The SMILES string of the molecule is O=c1[nH]c2cc3ccccc3cc2c(=O)n1O. The summed E-state index contributed by atoms with van der Waals surface area (Å²) in [5, 5.41) is 11.3. The van der Waals surface area contributed by atoms with Crippen LogP contribution in [0.25, 0.3) is 21.7 Å². The van der Waals surface area contributed by atoms with Crippen LogP contribution >= 0.6 is 0 Å². The van der Waals surface area contributed by atoms with E-state index in [0.29, 0.717) is 5.52 Å².